The summed E-state index contributed by atoms with van der Waals surface area (Å²) in [4.78, 5) is 2.65. The van der Waals surface area contributed by atoms with Crippen molar-refractivity contribution >= 4 is 0 Å². The van der Waals surface area contributed by atoms with Crippen LogP contribution in [0.15, 0.2) is 0 Å². The van der Waals surface area contributed by atoms with Crippen LogP contribution in [0.2, 0.25) is 0 Å². The quantitative estimate of drug-likeness (QED) is 0.679. The fourth-order valence-corrected chi connectivity index (χ4v) is 3.60. The molecule has 0 amide bonds. The SMILES string of the molecule is CC1CC(C)CC(N2CCC(C#N)CC2)C1. The van der Waals surface area contributed by atoms with E-state index < -0.39 is 0 Å². The van der Waals surface area contributed by atoms with Crippen LogP contribution in [0.3, 0.4) is 0 Å². The number of hydrogen-bond donors (Lipinski definition) is 0. The second-order valence-electron chi connectivity index (χ2n) is 6.01. The Morgan fingerprint density at radius 3 is 2.06 bits per heavy atom. The van der Waals surface area contributed by atoms with Crippen LogP contribution in [0.1, 0.15) is 46.0 Å². The van der Waals surface area contributed by atoms with Crippen molar-refractivity contribution in [2.75, 3.05) is 13.1 Å². The summed E-state index contributed by atoms with van der Waals surface area (Å²) in [5, 5.41) is 8.90. The first-order chi connectivity index (χ1) is 7.69. The van der Waals surface area contributed by atoms with Gasteiger partial charge < -0.3 is 4.90 Å². The van der Waals surface area contributed by atoms with Crippen LogP contribution >= 0.6 is 0 Å². The largest absolute Gasteiger partial charge is 0.300 e. The molecule has 2 rings (SSSR count). The molecule has 0 aromatic carbocycles. The predicted octanol–water partition coefficient (Wildman–Crippen LogP) is 3.05. The van der Waals surface area contributed by atoms with Crippen molar-refractivity contribution in [1.82, 2.24) is 4.90 Å². The lowest BCUT2D eigenvalue weighted by atomic mass is 9.79. The van der Waals surface area contributed by atoms with E-state index >= 15 is 0 Å². The highest BCUT2D eigenvalue weighted by atomic mass is 15.2. The van der Waals surface area contributed by atoms with Crippen LogP contribution in [-0.4, -0.2) is 24.0 Å². The zero-order valence-corrected chi connectivity index (χ0v) is 10.7. The minimum Gasteiger partial charge on any atom is -0.300 e. The third-order valence-corrected chi connectivity index (χ3v) is 4.38. The van der Waals surface area contributed by atoms with Crippen LogP contribution in [0.5, 0.6) is 0 Å². The number of nitrogens with zero attached hydrogens (tertiary/aromatic N) is 2. The van der Waals surface area contributed by atoms with Crippen LogP contribution in [0, 0.1) is 29.1 Å². The van der Waals surface area contributed by atoms with Crippen molar-refractivity contribution in [3.8, 4) is 6.07 Å². The van der Waals surface area contributed by atoms with Gasteiger partial charge in [0.25, 0.3) is 0 Å². The van der Waals surface area contributed by atoms with Gasteiger partial charge in [0, 0.05) is 12.0 Å². The van der Waals surface area contributed by atoms with E-state index in [2.05, 4.69) is 24.8 Å². The zero-order chi connectivity index (χ0) is 11.5. The third-order valence-electron chi connectivity index (χ3n) is 4.38. The lowest BCUT2D eigenvalue weighted by Gasteiger charge is -2.41. The number of hydrogen-bond acceptors (Lipinski definition) is 2. The fourth-order valence-electron chi connectivity index (χ4n) is 3.60. The summed E-state index contributed by atoms with van der Waals surface area (Å²) < 4.78 is 0. The van der Waals surface area contributed by atoms with Crippen molar-refractivity contribution in [3.63, 3.8) is 0 Å². The van der Waals surface area contributed by atoms with Gasteiger partial charge in [0.05, 0.1) is 6.07 Å². The first-order valence-corrected chi connectivity index (χ1v) is 6.82. The molecule has 1 aliphatic carbocycles. The predicted molar refractivity (Wildman–Crippen MR) is 65.9 cm³/mol. The van der Waals surface area contributed by atoms with Crippen molar-refractivity contribution in [1.29, 1.82) is 5.26 Å². The summed E-state index contributed by atoms with van der Waals surface area (Å²) in [7, 11) is 0. The molecule has 0 spiro atoms. The maximum Gasteiger partial charge on any atom is 0.0656 e. The van der Waals surface area contributed by atoms with Gasteiger partial charge in [-0.2, -0.15) is 5.26 Å². The maximum atomic E-state index is 8.90. The van der Waals surface area contributed by atoms with Gasteiger partial charge in [-0.15, -0.1) is 0 Å². The Morgan fingerprint density at radius 1 is 1.00 bits per heavy atom. The summed E-state index contributed by atoms with van der Waals surface area (Å²) in [5.74, 6) is 2.11. The molecule has 0 N–H and O–H groups in total. The van der Waals surface area contributed by atoms with Gasteiger partial charge in [-0.25, -0.2) is 0 Å². The van der Waals surface area contributed by atoms with Gasteiger partial charge >= 0.3 is 0 Å². The molecule has 0 bridgehead atoms. The number of piperidine rings is 1. The topological polar surface area (TPSA) is 27.0 Å². The van der Waals surface area contributed by atoms with Crippen molar-refractivity contribution in [2.24, 2.45) is 17.8 Å². The summed E-state index contributed by atoms with van der Waals surface area (Å²) in [6.07, 6.45) is 6.35. The molecule has 2 atom stereocenters. The molecule has 1 saturated heterocycles. The second-order valence-corrected chi connectivity index (χ2v) is 6.01. The Kier molecular flexibility index (Phi) is 3.86. The van der Waals surface area contributed by atoms with E-state index in [0.29, 0.717) is 5.92 Å². The van der Waals surface area contributed by atoms with E-state index in [1.807, 2.05) is 0 Å². The van der Waals surface area contributed by atoms with E-state index in [-0.39, 0.29) is 0 Å². The number of likely N-dealkylation sites (tertiary alicyclic amines) is 1. The average Bonchev–Trinajstić information content (AvgIpc) is 2.28. The second kappa shape index (κ2) is 5.19. The van der Waals surface area contributed by atoms with Gasteiger partial charge in [0.2, 0.25) is 0 Å². The summed E-state index contributed by atoms with van der Waals surface area (Å²) in [6.45, 7) is 7.10. The van der Waals surface area contributed by atoms with Gasteiger partial charge in [-0.1, -0.05) is 13.8 Å². The minimum atomic E-state index is 0.328. The number of rotatable bonds is 1. The highest BCUT2D eigenvalue weighted by Crippen LogP contribution is 2.33. The molecule has 0 radical (unpaired) electrons. The monoisotopic (exact) mass is 220 g/mol. The van der Waals surface area contributed by atoms with Crippen molar-refractivity contribution < 1.29 is 0 Å². The third kappa shape index (κ3) is 2.77. The molecule has 90 valence electrons. The Balaban J connectivity index is 1.86. The van der Waals surface area contributed by atoms with Crippen LogP contribution < -0.4 is 0 Å². The van der Waals surface area contributed by atoms with E-state index in [1.54, 1.807) is 0 Å². The summed E-state index contributed by atoms with van der Waals surface area (Å²) in [5.41, 5.74) is 0. The number of nitriles is 1. The molecule has 2 nitrogen and oxygen atoms in total. The zero-order valence-electron chi connectivity index (χ0n) is 10.7. The molecule has 2 heteroatoms. The molecule has 2 aliphatic rings. The van der Waals surface area contributed by atoms with Gasteiger partial charge in [-0.3, -0.25) is 0 Å². The molecular weight excluding hydrogens is 196 g/mol. The van der Waals surface area contributed by atoms with E-state index in [1.165, 1.54) is 19.3 Å². The molecule has 0 aromatic heterocycles. The first-order valence-electron chi connectivity index (χ1n) is 6.82. The molecule has 2 fully saturated rings. The molecule has 1 saturated carbocycles. The van der Waals surface area contributed by atoms with Gasteiger partial charge in [-0.05, 0) is 57.0 Å². The molecule has 16 heavy (non-hydrogen) atoms. The van der Waals surface area contributed by atoms with Gasteiger partial charge in [0.15, 0.2) is 0 Å². The smallest absolute Gasteiger partial charge is 0.0656 e. The normalized spacial score (nSPS) is 38.2. The highest BCUT2D eigenvalue weighted by molar-refractivity contribution is 4.90. The van der Waals surface area contributed by atoms with Crippen LogP contribution in [-0.2, 0) is 0 Å². The first kappa shape index (κ1) is 11.9. The highest BCUT2D eigenvalue weighted by Gasteiger charge is 2.30. The van der Waals surface area contributed by atoms with Crippen molar-refractivity contribution in [3.05, 3.63) is 0 Å². The Morgan fingerprint density at radius 2 is 1.56 bits per heavy atom. The van der Waals surface area contributed by atoms with E-state index in [9.17, 15) is 0 Å². The lowest BCUT2D eigenvalue weighted by molar-refractivity contribution is 0.0833. The Labute approximate surface area is 99.6 Å². The molecule has 2 unspecified atom stereocenters. The maximum absolute atomic E-state index is 8.90. The minimum absolute atomic E-state index is 0.328. The van der Waals surface area contributed by atoms with Crippen LogP contribution in [0.4, 0.5) is 0 Å². The Bertz CT molecular complexity index is 250. The molecule has 0 aromatic rings. The molecule has 1 aliphatic heterocycles. The molecular formula is C14H24N2. The van der Waals surface area contributed by atoms with E-state index in [0.717, 1.165) is 43.8 Å². The van der Waals surface area contributed by atoms with Gasteiger partial charge in [0.1, 0.15) is 0 Å². The summed E-state index contributed by atoms with van der Waals surface area (Å²) in [6, 6.07) is 3.22. The average molecular weight is 220 g/mol. The van der Waals surface area contributed by atoms with Crippen LogP contribution in [0.25, 0.3) is 0 Å². The van der Waals surface area contributed by atoms with E-state index in [4.69, 9.17) is 5.26 Å². The Hall–Kier alpha value is -0.550. The van der Waals surface area contributed by atoms with Crippen molar-refractivity contribution in [2.45, 2.75) is 52.0 Å². The summed E-state index contributed by atoms with van der Waals surface area (Å²) >= 11 is 0. The fraction of sp³-hybridized carbons (Fsp3) is 0.929. The molecule has 1 heterocycles. The lowest BCUT2D eigenvalue weighted by Crippen LogP contribution is -2.44. The standard InChI is InChI=1S/C14H24N2/c1-11-7-12(2)9-14(8-11)16-5-3-13(10-15)4-6-16/h11-14H,3-9H2,1-2H3.